The SMILES string of the molecule is CN(CC(O)c1ccc(O)cc1)C(=O)CN1C(=O)SC(=Cc2ccc(Cl)cc2)C1=O. The lowest BCUT2D eigenvalue weighted by Gasteiger charge is -2.23. The minimum absolute atomic E-state index is 0.0273. The first kappa shape index (κ1) is 21.9. The van der Waals surface area contributed by atoms with Crippen molar-refractivity contribution in [2.45, 2.75) is 6.10 Å². The average Bonchev–Trinajstić information content (AvgIpc) is 2.97. The zero-order valence-electron chi connectivity index (χ0n) is 16.0. The summed E-state index contributed by atoms with van der Waals surface area (Å²) in [5, 5.41) is 19.6. The summed E-state index contributed by atoms with van der Waals surface area (Å²) in [7, 11) is 1.48. The van der Waals surface area contributed by atoms with E-state index >= 15 is 0 Å². The molecule has 1 atom stereocenters. The number of carbonyl (C=O) groups excluding carboxylic acids is 3. The Bertz CT molecular complexity index is 991. The van der Waals surface area contributed by atoms with Crippen LogP contribution in [0.2, 0.25) is 5.02 Å². The standard InChI is InChI=1S/C21H19ClN2O5S/c1-23(11-17(26)14-4-8-16(25)9-5-14)19(27)12-24-20(28)18(30-21(24)29)10-13-2-6-15(22)7-3-13/h2-10,17,25-26H,11-12H2,1H3. The van der Waals surface area contributed by atoms with Crippen LogP contribution >= 0.6 is 23.4 Å². The third-order valence-corrected chi connectivity index (χ3v) is 5.64. The van der Waals surface area contributed by atoms with Crippen molar-refractivity contribution in [1.82, 2.24) is 9.80 Å². The smallest absolute Gasteiger partial charge is 0.294 e. The van der Waals surface area contributed by atoms with Gasteiger partial charge in [-0.15, -0.1) is 0 Å². The van der Waals surface area contributed by atoms with E-state index in [0.717, 1.165) is 16.7 Å². The summed E-state index contributed by atoms with van der Waals surface area (Å²) in [6, 6.07) is 12.8. The Labute approximate surface area is 182 Å². The highest BCUT2D eigenvalue weighted by molar-refractivity contribution is 8.18. The van der Waals surface area contributed by atoms with Crippen LogP contribution < -0.4 is 0 Å². The Kier molecular flexibility index (Phi) is 6.81. The summed E-state index contributed by atoms with van der Waals surface area (Å²) < 4.78 is 0. The molecule has 1 fully saturated rings. The Balaban J connectivity index is 1.62. The maximum atomic E-state index is 12.6. The van der Waals surface area contributed by atoms with E-state index < -0.39 is 29.7 Å². The zero-order valence-corrected chi connectivity index (χ0v) is 17.6. The number of amides is 3. The summed E-state index contributed by atoms with van der Waals surface area (Å²) in [6.07, 6.45) is 0.601. The van der Waals surface area contributed by atoms with Gasteiger partial charge in [-0.2, -0.15) is 0 Å². The number of phenols is 1. The van der Waals surface area contributed by atoms with Gasteiger partial charge in [0, 0.05) is 12.1 Å². The van der Waals surface area contributed by atoms with Crippen LogP contribution in [0.1, 0.15) is 17.2 Å². The summed E-state index contributed by atoms with van der Waals surface area (Å²) in [4.78, 5) is 39.7. The number of aliphatic hydroxyl groups excluding tert-OH is 1. The lowest BCUT2D eigenvalue weighted by molar-refractivity contribution is -0.135. The highest BCUT2D eigenvalue weighted by Gasteiger charge is 2.37. The fourth-order valence-electron chi connectivity index (χ4n) is 2.77. The van der Waals surface area contributed by atoms with Crippen LogP contribution in [0, 0.1) is 0 Å². The number of thioether (sulfide) groups is 1. The van der Waals surface area contributed by atoms with Crippen LogP contribution in [-0.4, -0.2) is 57.2 Å². The van der Waals surface area contributed by atoms with E-state index in [9.17, 15) is 24.6 Å². The molecule has 3 rings (SSSR count). The molecule has 2 N–H and O–H groups in total. The first-order valence-corrected chi connectivity index (χ1v) is 10.2. The monoisotopic (exact) mass is 446 g/mol. The van der Waals surface area contributed by atoms with E-state index in [-0.39, 0.29) is 17.2 Å². The molecule has 1 saturated heterocycles. The molecular weight excluding hydrogens is 428 g/mol. The number of imide groups is 1. The van der Waals surface area contributed by atoms with Crippen molar-refractivity contribution in [1.29, 1.82) is 0 Å². The molecule has 2 aromatic carbocycles. The van der Waals surface area contributed by atoms with Gasteiger partial charge in [0.25, 0.3) is 11.1 Å². The van der Waals surface area contributed by atoms with E-state index in [0.29, 0.717) is 16.1 Å². The second-order valence-corrected chi connectivity index (χ2v) is 8.13. The third kappa shape index (κ3) is 5.21. The van der Waals surface area contributed by atoms with Crippen LogP contribution in [0.15, 0.2) is 53.4 Å². The van der Waals surface area contributed by atoms with E-state index in [1.54, 1.807) is 42.5 Å². The summed E-state index contributed by atoms with van der Waals surface area (Å²) in [6.45, 7) is -0.443. The lowest BCUT2D eigenvalue weighted by Crippen LogP contribution is -2.41. The number of hydrogen-bond acceptors (Lipinski definition) is 6. The molecule has 1 heterocycles. The minimum atomic E-state index is -0.973. The second-order valence-electron chi connectivity index (χ2n) is 6.70. The fourth-order valence-corrected chi connectivity index (χ4v) is 3.73. The number of rotatable bonds is 6. The highest BCUT2D eigenvalue weighted by Crippen LogP contribution is 2.32. The van der Waals surface area contributed by atoms with Gasteiger partial charge in [-0.05, 0) is 53.2 Å². The van der Waals surface area contributed by atoms with Crippen LogP contribution in [0.25, 0.3) is 6.08 Å². The predicted molar refractivity (Wildman–Crippen MR) is 115 cm³/mol. The molecular formula is C21H19ClN2O5S. The van der Waals surface area contributed by atoms with E-state index in [1.807, 2.05) is 0 Å². The zero-order chi connectivity index (χ0) is 21.8. The number of phenolic OH excluding ortho intramolecular Hbond substituents is 1. The summed E-state index contributed by atoms with van der Waals surface area (Å²) >= 11 is 6.61. The maximum Gasteiger partial charge on any atom is 0.294 e. The number of halogens is 1. The van der Waals surface area contributed by atoms with Crippen LogP contribution in [0.4, 0.5) is 4.79 Å². The molecule has 30 heavy (non-hydrogen) atoms. The van der Waals surface area contributed by atoms with Crippen molar-refractivity contribution < 1.29 is 24.6 Å². The number of benzene rings is 2. The number of nitrogens with zero attached hydrogens (tertiary/aromatic N) is 2. The van der Waals surface area contributed by atoms with Crippen molar-refractivity contribution in [2.24, 2.45) is 0 Å². The molecule has 1 aliphatic rings. The van der Waals surface area contributed by atoms with Gasteiger partial charge in [0.2, 0.25) is 5.91 Å². The molecule has 0 saturated carbocycles. The van der Waals surface area contributed by atoms with Gasteiger partial charge in [-0.3, -0.25) is 19.3 Å². The predicted octanol–water partition coefficient (Wildman–Crippen LogP) is 3.27. The van der Waals surface area contributed by atoms with Gasteiger partial charge in [-0.1, -0.05) is 35.9 Å². The number of carbonyl (C=O) groups is 3. The van der Waals surface area contributed by atoms with Crippen LogP contribution in [0.3, 0.4) is 0 Å². The molecule has 2 aromatic rings. The Morgan fingerprint density at radius 2 is 1.80 bits per heavy atom. The topological polar surface area (TPSA) is 98.2 Å². The number of likely N-dealkylation sites (N-methyl/N-ethyl adjacent to an activating group) is 1. The first-order valence-electron chi connectivity index (χ1n) is 8.96. The van der Waals surface area contributed by atoms with Crippen LogP contribution in [-0.2, 0) is 9.59 Å². The number of aromatic hydroxyl groups is 1. The molecule has 7 nitrogen and oxygen atoms in total. The minimum Gasteiger partial charge on any atom is -0.508 e. The molecule has 1 unspecified atom stereocenters. The maximum absolute atomic E-state index is 12.6. The first-order chi connectivity index (χ1) is 14.2. The van der Waals surface area contributed by atoms with E-state index in [1.165, 1.54) is 24.1 Å². The van der Waals surface area contributed by atoms with Crippen molar-refractivity contribution >= 4 is 46.5 Å². The quantitative estimate of drug-likeness (QED) is 0.661. The van der Waals surface area contributed by atoms with Gasteiger partial charge < -0.3 is 15.1 Å². The second kappa shape index (κ2) is 9.34. The molecule has 0 bridgehead atoms. The van der Waals surface area contributed by atoms with Gasteiger partial charge in [-0.25, -0.2) is 0 Å². The normalized spacial score (nSPS) is 16.2. The molecule has 3 amide bonds. The summed E-state index contributed by atoms with van der Waals surface area (Å²) in [5.41, 5.74) is 1.25. The van der Waals surface area contributed by atoms with E-state index in [2.05, 4.69) is 0 Å². The molecule has 1 aliphatic heterocycles. The van der Waals surface area contributed by atoms with Gasteiger partial charge in [0.15, 0.2) is 0 Å². The van der Waals surface area contributed by atoms with Crippen molar-refractivity contribution in [3.63, 3.8) is 0 Å². The molecule has 0 aliphatic carbocycles. The van der Waals surface area contributed by atoms with Gasteiger partial charge in [0.05, 0.1) is 17.6 Å². The third-order valence-electron chi connectivity index (χ3n) is 4.49. The van der Waals surface area contributed by atoms with Crippen molar-refractivity contribution in [3.05, 3.63) is 69.6 Å². The van der Waals surface area contributed by atoms with Gasteiger partial charge >= 0.3 is 0 Å². The van der Waals surface area contributed by atoms with Crippen molar-refractivity contribution in [2.75, 3.05) is 20.1 Å². The Morgan fingerprint density at radius 3 is 2.43 bits per heavy atom. The number of hydrogen-bond donors (Lipinski definition) is 2. The molecule has 0 radical (unpaired) electrons. The molecule has 0 aromatic heterocycles. The molecule has 9 heteroatoms. The Hall–Kier alpha value is -2.81. The lowest BCUT2D eigenvalue weighted by atomic mass is 10.1. The molecule has 0 spiro atoms. The number of aliphatic hydroxyl groups is 1. The van der Waals surface area contributed by atoms with Crippen molar-refractivity contribution in [3.8, 4) is 5.75 Å². The average molecular weight is 447 g/mol. The molecule has 156 valence electrons. The highest BCUT2D eigenvalue weighted by atomic mass is 35.5. The largest absolute Gasteiger partial charge is 0.508 e. The van der Waals surface area contributed by atoms with E-state index in [4.69, 9.17) is 11.6 Å². The van der Waals surface area contributed by atoms with Crippen LogP contribution in [0.5, 0.6) is 5.75 Å². The summed E-state index contributed by atoms with van der Waals surface area (Å²) in [5.74, 6) is -0.954. The Morgan fingerprint density at radius 1 is 1.17 bits per heavy atom. The fraction of sp³-hybridized carbons (Fsp3) is 0.190. The van der Waals surface area contributed by atoms with Gasteiger partial charge in [0.1, 0.15) is 12.3 Å².